The lowest BCUT2D eigenvalue weighted by atomic mass is 10.0. The molecule has 0 spiro atoms. The normalized spacial score (nSPS) is 12.8. The Morgan fingerprint density at radius 1 is 0.273 bits per heavy atom. The minimum atomic E-state index is -0.780. The highest BCUT2D eigenvalue weighted by atomic mass is 16.6. The van der Waals surface area contributed by atoms with Crippen LogP contribution in [0.3, 0.4) is 0 Å². The van der Waals surface area contributed by atoms with Crippen LogP contribution in [0.1, 0.15) is 303 Å². The fourth-order valence-corrected chi connectivity index (χ4v) is 8.92. The lowest BCUT2D eigenvalue weighted by molar-refractivity contribution is -0.167. The molecule has 0 heterocycles. The van der Waals surface area contributed by atoms with E-state index in [0.29, 0.717) is 19.3 Å². The number of carbonyl (C=O) groups is 3. The second-order valence-corrected chi connectivity index (χ2v) is 21.3. The highest BCUT2D eigenvalue weighted by Gasteiger charge is 2.19. The highest BCUT2D eigenvalue weighted by molar-refractivity contribution is 5.71. The van der Waals surface area contributed by atoms with Gasteiger partial charge in [-0.05, 0) is 109 Å². The van der Waals surface area contributed by atoms with Gasteiger partial charge in [0.15, 0.2) is 6.10 Å². The molecule has 0 radical (unpaired) electrons. The van der Waals surface area contributed by atoms with Crippen LogP contribution in [-0.4, -0.2) is 37.2 Å². The maximum atomic E-state index is 12.8. The van der Waals surface area contributed by atoms with Crippen molar-refractivity contribution in [3.63, 3.8) is 0 Å². The number of rotatable bonds is 58. The fraction of sp³-hybridized carbons (Fsp3) is 0.704. The Hall–Kier alpha value is -3.93. The van der Waals surface area contributed by atoms with E-state index < -0.39 is 6.10 Å². The van der Waals surface area contributed by atoms with Gasteiger partial charge in [-0.25, -0.2) is 0 Å². The SMILES string of the molecule is CC/C=C\C/C=C\C/C=C\C/C=C\C/C=C\C/C=C\CCCCCCCCCCCCC(=O)OCC(COC(=O)CCCCCCC)OC(=O)CCCCCCCCCCCC/C=C\C/C=C\C/C=C\CCCCCCC. The summed E-state index contributed by atoms with van der Waals surface area (Å²) in [5.74, 6) is -0.898. The van der Waals surface area contributed by atoms with Gasteiger partial charge in [-0.3, -0.25) is 14.4 Å². The molecule has 0 bridgehead atoms. The third-order valence-electron chi connectivity index (χ3n) is 13.8. The van der Waals surface area contributed by atoms with Crippen molar-refractivity contribution in [2.45, 2.75) is 309 Å². The van der Waals surface area contributed by atoms with Crippen molar-refractivity contribution in [3.8, 4) is 0 Å². The molecule has 0 amide bonds. The lowest BCUT2D eigenvalue weighted by Gasteiger charge is -2.18. The van der Waals surface area contributed by atoms with E-state index in [4.69, 9.17) is 14.2 Å². The molecule has 0 N–H and O–H groups in total. The molecular weight excluding hydrogens is 949 g/mol. The molecule has 0 fully saturated rings. The maximum Gasteiger partial charge on any atom is 0.306 e. The molecule has 6 nitrogen and oxygen atoms in total. The van der Waals surface area contributed by atoms with Crippen LogP contribution >= 0.6 is 0 Å². The molecule has 440 valence electrons. The second-order valence-electron chi connectivity index (χ2n) is 21.3. The maximum absolute atomic E-state index is 12.8. The van der Waals surface area contributed by atoms with Gasteiger partial charge in [0, 0.05) is 19.3 Å². The van der Waals surface area contributed by atoms with Gasteiger partial charge in [0.05, 0.1) is 0 Å². The first-order chi connectivity index (χ1) is 38.0. The number of ether oxygens (including phenoxy) is 3. The molecule has 0 aromatic heterocycles. The van der Waals surface area contributed by atoms with E-state index in [-0.39, 0.29) is 31.1 Å². The molecule has 0 aromatic rings. The molecule has 1 atom stereocenters. The Bertz CT molecular complexity index is 1560. The molecular formula is C71H120O6. The average Bonchev–Trinajstić information content (AvgIpc) is 3.43. The monoisotopic (exact) mass is 1070 g/mol. The third-order valence-corrected chi connectivity index (χ3v) is 13.8. The van der Waals surface area contributed by atoms with Crippen LogP contribution in [-0.2, 0) is 28.6 Å². The second kappa shape index (κ2) is 64.6. The quantitative estimate of drug-likeness (QED) is 0.0261. The summed E-state index contributed by atoms with van der Waals surface area (Å²) in [6.45, 7) is 6.44. The van der Waals surface area contributed by atoms with Gasteiger partial charge >= 0.3 is 17.9 Å². The smallest absolute Gasteiger partial charge is 0.306 e. The summed E-state index contributed by atoms with van der Waals surface area (Å²) in [5, 5.41) is 0. The van der Waals surface area contributed by atoms with Crippen molar-refractivity contribution in [1.82, 2.24) is 0 Å². The predicted octanol–water partition coefficient (Wildman–Crippen LogP) is 22.2. The van der Waals surface area contributed by atoms with Crippen LogP contribution in [0.2, 0.25) is 0 Å². The number of carbonyl (C=O) groups excluding carboxylic acids is 3. The topological polar surface area (TPSA) is 78.9 Å². The Morgan fingerprint density at radius 3 is 0.792 bits per heavy atom. The Labute approximate surface area is 476 Å². The third kappa shape index (κ3) is 62.8. The standard InChI is InChI=1S/C71H120O6/c1-4-7-10-13-15-17-19-21-23-25-27-29-31-33-34-35-36-38-39-41-43-45-47-49-51-53-55-58-61-64-70(73)76-67-68(66-75-69(72)63-60-57-12-9-6-3)77-71(74)65-62-59-56-54-52-50-48-46-44-42-40-37-32-30-28-26-24-22-20-18-16-14-11-8-5-2/h7,10,15,17,20-23,26-29,32-34,36-38,68H,4-6,8-9,11-14,16,18-19,24-25,30-31,35,39-67H2,1-3H3/b10-7-,17-15-,22-20-,23-21-,28-26-,29-27-,34-33-,37-32-,38-36-. The molecule has 0 aliphatic rings. The van der Waals surface area contributed by atoms with Crippen LogP contribution < -0.4 is 0 Å². The van der Waals surface area contributed by atoms with Crippen molar-refractivity contribution in [1.29, 1.82) is 0 Å². The summed E-state index contributed by atoms with van der Waals surface area (Å²) < 4.78 is 16.8. The van der Waals surface area contributed by atoms with Crippen molar-refractivity contribution >= 4 is 17.9 Å². The fourth-order valence-electron chi connectivity index (χ4n) is 8.92. The van der Waals surface area contributed by atoms with Gasteiger partial charge in [0.2, 0.25) is 0 Å². The van der Waals surface area contributed by atoms with E-state index >= 15 is 0 Å². The molecule has 77 heavy (non-hydrogen) atoms. The molecule has 1 unspecified atom stereocenters. The average molecular weight is 1070 g/mol. The molecule has 0 aliphatic heterocycles. The Balaban J connectivity index is 4.07. The molecule has 0 saturated heterocycles. The van der Waals surface area contributed by atoms with Gasteiger partial charge in [0.25, 0.3) is 0 Å². The molecule has 6 heteroatoms. The Kier molecular flexibility index (Phi) is 61.3. The van der Waals surface area contributed by atoms with Gasteiger partial charge in [0.1, 0.15) is 13.2 Å². The van der Waals surface area contributed by atoms with E-state index in [0.717, 1.165) is 116 Å². The van der Waals surface area contributed by atoms with Crippen LogP contribution in [0.15, 0.2) is 109 Å². The molecule has 0 aromatic carbocycles. The van der Waals surface area contributed by atoms with E-state index in [1.165, 1.54) is 148 Å². The van der Waals surface area contributed by atoms with Gasteiger partial charge < -0.3 is 14.2 Å². The highest BCUT2D eigenvalue weighted by Crippen LogP contribution is 2.16. The zero-order valence-electron chi connectivity index (χ0n) is 50.4. The van der Waals surface area contributed by atoms with Crippen molar-refractivity contribution in [3.05, 3.63) is 109 Å². The summed E-state index contributed by atoms with van der Waals surface area (Å²) in [6, 6.07) is 0. The van der Waals surface area contributed by atoms with Crippen LogP contribution in [0.5, 0.6) is 0 Å². The number of hydrogen-bond acceptors (Lipinski definition) is 6. The summed E-state index contributed by atoms with van der Waals surface area (Å²) in [4.78, 5) is 38.0. The largest absolute Gasteiger partial charge is 0.462 e. The summed E-state index contributed by atoms with van der Waals surface area (Å²) in [5.41, 5.74) is 0. The van der Waals surface area contributed by atoms with Gasteiger partial charge in [-0.2, -0.15) is 0 Å². The minimum absolute atomic E-state index is 0.0811. The van der Waals surface area contributed by atoms with E-state index in [2.05, 4.69) is 130 Å². The number of hydrogen-bond donors (Lipinski definition) is 0. The Morgan fingerprint density at radius 2 is 0.506 bits per heavy atom. The predicted molar refractivity (Wildman–Crippen MR) is 334 cm³/mol. The number of esters is 3. The van der Waals surface area contributed by atoms with Crippen LogP contribution in [0.4, 0.5) is 0 Å². The van der Waals surface area contributed by atoms with Crippen LogP contribution in [0, 0.1) is 0 Å². The zero-order valence-corrected chi connectivity index (χ0v) is 50.4. The van der Waals surface area contributed by atoms with Crippen LogP contribution in [0.25, 0.3) is 0 Å². The first-order valence-electron chi connectivity index (χ1n) is 32.4. The van der Waals surface area contributed by atoms with E-state index in [1.54, 1.807) is 0 Å². The van der Waals surface area contributed by atoms with E-state index in [1.807, 2.05) is 0 Å². The van der Waals surface area contributed by atoms with E-state index in [9.17, 15) is 14.4 Å². The summed E-state index contributed by atoms with van der Waals surface area (Å²) >= 11 is 0. The lowest BCUT2D eigenvalue weighted by Crippen LogP contribution is -2.30. The summed E-state index contributed by atoms with van der Waals surface area (Å²) in [7, 11) is 0. The molecule has 0 aliphatic carbocycles. The summed E-state index contributed by atoms with van der Waals surface area (Å²) in [6.07, 6.45) is 88.6. The molecule has 0 saturated carbocycles. The van der Waals surface area contributed by atoms with Gasteiger partial charge in [-0.1, -0.05) is 284 Å². The first-order valence-corrected chi connectivity index (χ1v) is 32.4. The molecule has 0 rings (SSSR count). The first kappa shape index (κ1) is 73.1. The number of allylic oxidation sites excluding steroid dienone is 18. The van der Waals surface area contributed by atoms with Crippen molar-refractivity contribution < 1.29 is 28.6 Å². The van der Waals surface area contributed by atoms with Gasteiger partial charge in [-0.15, -0.1) is 0 Å². The van der Waals surface area contributed by atoms with Crippen molar-refractivity contribution in [2.75, 3.05) is 13.2 Å². The minimum Gasteiger partial charge on any atom is -0.462 e. The number of unbranched alkanes of at least 4 members (excludes halogenated alkanes) is 29. The zero-order chi connectivity index (χ0) is 55.7. The van der Waals surface area contributed by atoms with Crippen molar-refractivity contribution in [2.24, 2.45) is 0 Å².